The van der Waals surface area contributed by atoms with Crippen molar-refractivity contribution >= 4 is 27.0 Å². The first-order valence-electron chi connectivity index (χ1n) is 6.98. The van der Waals surface area contributed by atoms with Crippen molar-refractivity contribution in [3.05, 3.63) is 42.1 Å². The fraction of sp³-hybridized carbons (Fsp3) is 0.333. The van der Waals surface area contributed by atoms with E-state index in [0.29, 0.717) is 23.7 Å². The Morgan fingerprint density at radius 1 is 1.35 bits per heavy atom. The van der Waals surface area contributed by atoms with Gasteiger partial charge in [-0.3, -0.25) is 0 Å². The van der Waals surface area contributed by atoms with Crippen LogP contribution in [0.2, 0.25) is 0 Å². The zero-order valence-electron chi connectivity index (χ0n) is 13.2. The molecule has 124 valence electrons. The highest BCUT2D eigenvalue weighted by molar-refractivity contribution is 7.90. The topological polar surface area (TPSA) is 75.2 Å². The molecule has 1 heterocycles. The van der Waals surface area contributed by atoms with Gasteiger partial charge in [0.15, 0.2) is 0 Å². The van der Waals surface area contributed by atoms with Crippen LogP contribution in [0, 0.1) is 12.7 Å². The Morgan fingerprint density at radius 3 is 2.70 bits per heavy atom. The smallest absolute Gasteiger partial charge is 0.149 e. The van der Waals surface area contributed by atoms with Crippen molar-refractivity contribution in [1.82, 2.24) is 9.97 Å². The Balaban J connectivity index is 2.13. The molecule has 2 rings (SSSR count). The predicted molar refractivity (Wildman–Crippen MR) is 89.4 cm³/mol. The second kappa shape index (κ2) is 6.91. The highest BCUT2D eigenvalue weighted by atomic mass is 32.2. The lowest BCUT2D eigenvalue weighted by atomic mass is 10.2. The van der Waals surface area contributed by atoms with Crippen LogP contribution in [0.3, 0.4) is 0 Å². The van der Waals surface area contributed by atoms with E-state index in [1.165, 1.54) is 18.6 Å². The first kappa shape index (κ1) is 17.1. The quantitative estimate of drug-likeness (QED) is 0.870. The maximum atomic E-state index is 14.3. The number of nitrogens with zero attached hydrogens (tertiary/aromatic N) is 3. The summed E-state index contributed by atoms with van der Waals surface area (Å²) in [5, 5.41) is 2.92. The average molecular weight is 338 g/mol. The number of nitrogens with one attached hydrogen (secondary N) is 1. The van der Waals surface area contributed by atoms with Crippen LogP contribution in [0.5, 0.6) is 0 Å². The fourth-order valence-corrected chi connectivity index (χ4v) is 2.54. The standard InChI is InChI=1S/C15H19FN4O2S/c1-11-9-17-10-18-15(11)19-14-5-4-12(8-13(14)16)20(2)6-7-23(3,21)22/h4-5,8-10H,6-7H2,1-3H3,(H,17,18,19). The number of aryl methyl sites for hydroxylation is 1. The van der Waals surface area contributed by atoms with Crippen molar-refractivity contribution < 1.29 is 12.8 Å². The molecule has 0 amide bonds. The van der Waals surface area contributed by atoms with E-state index >= 15 is 0 Å². The van der Waals surface area contributed by atoms with Gasteiger partial charge in [0, 0.05) is 37.3 Å². The summed E-state index contributed by atoms with van der Waals surface area (Å²) in [6.45, 7) is 2.13. The van der Waals surface area contributed by atoms with Crippen LogP contribution in [0.1, 0.15) is 5.56 Å². The van der Waals surface area contributed by atoms with Crippen LogP contribution in [0.15, 0.2) is 30.7 Å². The fourth-order valence-electron chi connectivity index (χ4n) is 1.93. The number of rotatable bonds is 6. The number of aromatic nitrogens is 2. The molecule has 0 atom stereocenters. The number of hydrogen-bond acceptors (Lipinski definition) is 6. The maximum absolute atomic E-state index is 14.3. The molecule has 1 aromatic heterocycles. The second-order valence-corrected chi connectivity index (χ2v) is 7.65. The lowest BCUT2D eigenvalue weighted by Crippen LogP contribution is -2.24. The molecule has 0 bridgehead atoms. The van der Waals surface area contributed by atoms with Crippen molar-refractivity contribution in [2.45, 2.75) is 6.92 Å². The molecule has 0 saturated heterocycles. The van der Waals surface area contributed by atoms with Crippen LogP contribution >= 0.6 is 0 Å². The molecule has 1 N–H and O–H groups in total. The number of anilines is 3. The van der Waals surface area contributed by atoms with Crippen LogP contribution in [-0.2, 0) is 9.84 Å². The Bertz CT molecular complexity index is 796. The third-order valence-corrected chi connectivity index (χ3v) is 4.26. The van der Waals surface area contributed by atoms with Gasteiger partial charge < -0.3 is 10.2 Å². The molecule has 0 fully saturated rings. The van der Waals surface area contributed by atoms with E-state index in [9.17, 15) is 12.8 Å². The van der Waals surface area contributed by atoms with Crippen LogP contribution in [0.25, 0.3) is 0 Å². The summed E-state index contributed by atoms with van der Waals surface area (Å²) in [6, 6.07) is 4.69. The molecule has 0 aliphatic rings. The summed E-state index contributed by atoms with van der Waals surface area (Å²) in [4.78, 5) is 9.65. The predicted octanol–water partition coefficient (Wildman–Crippen LogP) is 2.15. The van der Waals surface area contributed by atoms with Crippen LogP contribution in [0.4, 0.5) is 21.6 Å². The van der Waals surface area contributed by atoms with Crippen molar-refractivity contribution in [2.75, 3.05) is 35.8 Å². The summed E-state index contributed by atoms with van der Waals surface area (Å²) in [6.07, 6.45) is 4.21. The second-order valence-electron chi connectivity index (χ2n) is 5.39. The monoisotopic (exact) mass is 338 g/mol. The molecule has 0 spiro atoms. The summed E-state index contributed by atoms with van der Waals surface area (Å²) >= 11 is 0. The van der Waals surface area contributed by atoms with Crippen molar-refractivity contribution in [3.63, 3.8) is 0 Å². The molecule has 0 aliphatic heterocycles. The number of halogens is 1. The number of benzene rings is 1. The zero-order valence-corrected chi connectivity index (χ0v) is 14.1. The SMILES string of the molecule is Cc1cncnc1Nc1ccc(N(C)CCS(C)(=O)=O)cc1F. The van der Waals surface area contributed by atoms with Crippen molar-refractivity contribution in [3.8, 4) is 0 Å². The minimum atomic E-state index is -3.05. The average Bonchev–Trinajstić information content (AvgIpc) is 2.48. The maximum Gasteiger partial charge on any atom is 0.149 e. The molecule has 0 aliphatic carbocycles. The Kier molecular flexibility index (Phi) is 5.15. The molecular weight excluding hydrogens is 319 g/mol. The van der Waals surface area contributed by atoms with E-state index in [1.54, 1.807) is 30.3 Å². The van der Waals surface area contributed by atoms with Gasteiger partial charge in [-0.1, -0.05) is 0 Å². The molecule has 1 aromatic carbocycles. The summed E-state index contributed by atoms with van der Waals surface area (Å²) < 4.78 is 36.7. The van der Waals surface area contributed by atoms with E-state index in [1.807, 2.05) is 6.92 Å². The largest absolute Gasteiger partial charge is 0.373 e. The Hall–Kier alpha value is -2.22. The van der Waals surface area contributed by atoms with Crippen molar-refractivity contribution in [1.29, 1.82) is 0 Å². The van der Waals surface area contributed by atoms with E-state index < -0.39 is 15.7 Å². The molecule has 2 aromatic rings. The third kappa shape index (κ3) is 4.88. The van der Waals surface area contributed by atoms with Crippen LogP contribution in [-0.4, -0.2) is 44.0 Å². The summed E-state index contributed by atoms with van der Waals surface area (Å²) in [7, 11) is -1.33. The molecule has 0 unspecified atom stereocenters. The highest BCUT2D eigenvalue weighted by Crippen LogP contribution is 2.24. The number of sulfone groups is 1. The van der Waals surface area contributed by atoms with E-state index in [2.05, 4.69) is 15.3 Å². The molecule has 6 nitrogen and oxygen atoms in total. The Labute approximate surface area is 135 Å². The highest BCUT2D eigenvalue weighted by Gasteiger charge is 2.10. The number of hydrogen-bond donors (Lipinski definition) is 1. The van der Waals surface area contributed by atoms with Gasteiger partial charge in [-0.05, 0) is 25.1 Å². The molecule has 23 heavy (non-hydrogen) atoms. The van der Waals surface area contributed by atoms with Gasteiger partial charge in [0.05, 0.1) is 11.4 Å². The lowest BCUT2D eigenvalue weighted by molar-refractivity contribution is 0.601. The molecule has 0 radical (unpaired) electrons. The summed E-state index contributed by atoms with van der Waals surface area (Å²) in [5.41, 5.74) is 1.71. The van der Waals surface area contributed by atoms with Gasteiger partial charge in [0.2, 0.25) is 0 Å². The van der Waals surface area contributed by atoms with Crippen molar-refractivity contribution in [2.24, 2.45) is 0 Å². The summed E-state index contributed by atoms with van der Waals surface area (Å²) in [5.74, 6) is 0.120. The third-order valence-electron chi connectivity index (χ3n) is 3.34. The molecular formula is C15H19FN4O2S. The normalized spacial score (nSPS) is 11.3. The first-order valence-corrected chi connectivity index (χ1v) is 9.04. The molecule has 0 saturated carbocycles. The molecule has 8 heteroatoms. The minimum absolute atomic E-state index is 0.0191. The first-order chi connectivity index (χ1) is 10.8. The van der Waals surface area contributed by atoms with Gasteiger partial charge in [-0.25, -0.2) is 22.8 Å². The van der Waals surface area contributed by atoms with Gasteiger partial charge in [-0.2, -0.15) is 0 Å². The van der Waals surface area contributed by atoms with E-state index in [-0.39, 0.29) is 5.75 Å². The van der Waals surface area contributed by atoms with Gasteiger partial charge in [-0.15, -0.1) is 0 Å². The van der Waals surface area contributed by atoms with Gasteiger partial charge >= 0.3 is 0 Å². The lowest BCUT2D eigenvalue weighted by Gasteiger charge is -2.19. The van der Waals surface area contributed by atoms with Crippen LogP contribution < -0.4 is 10.2 Å². The zero-order chi connectivity index (χ0) is 17.0. The minimum Gasteiger partial charge on any atom is -0.373 e. The van der Waals surface area contributed by atoms with Gasteiger partial charge in [0.25, 0.3) is 0 Å². The van der Waals surface area contributed by atoms with Gasteiger partial charge in [0.1, 0.15) is 27.8 Å². The Morgan fingerprint density at radius 2 is 2.09 bits per heavy atom. The van der Waals surface area contributed by atoms with E-state index in [0.717, 1.165) is 5.56 Å². The van der Waals surface area contributed by atoms with E-state index in [4.69, 9.17) is 0 Å².